The zero-order valence-corrected chi connectivity index (χ0v) is 10.6. The number of phenols is 1. The van der Waals surface area contributed by atoms with Gasteiger partial charge in [0, 0.05) is 0 Å². The summed E-state index contributed by atoms with van der Waals surface area (Å²) in [6.45, 7) is 1.88. The van der Waals surface area contributed by atoms with Crippen molar-refractivity contribution in [3.63, 3.8) is 0 Å². The van der Waals surface area contributed by atoms with Gasteiger partial charge in [-0.3, -0.25) is 4.79 Å². The Morgan fingerprint density at radius 1 is 1.21 bits per heavy atom. The number of nitrogens with two attached hydrogens (primary N) is 1. The number of benzene rings is 2. The normalized spacial score (nSPS) is 11.9. The van der Waals surface area contributed by atoms with Gasteiger partial charge in [-0.25, -0.2) is 0 Å². The first-order valence-corrected chi connectivity index (χ1v) is 5.99. The molecule has 19 heavy (non-hydrogen) atoms. The Bertz CT molecular complexity index is 582. The van der Waals surface area contributed by atoms with Crippen LogP contribution in [-0.2, 0) is 4.79 Å². The minimum Gasteiger partial charge on any atom is -0.506 e. The number of carbonyl (C=O) groups excluding carboxylic acids is 1. The molecule has 0 saturated carbocycles. The lowest BCUT2D eigenvalue weighted by atomic mass is 10.1. The van der Waals surface area contributed by atoms with Gasteiger partial charge in [0.2, 0.25) is 5.91 Å². The van der Waals surface area contributed by atoms with Gasteiger partial charge in [0.25, 0.3) is 0 Å². The van der Waals surface area contributed by atoms with Gasteiger partial charge < -0.3 is 16.2 Å². The van der Waals surface area contributed by atoms with Crippen LogP contribution < -0.4 is 11.1 Å². The third kappa shape index (κ3) is 3.11. The van der Waals surface area contributed by atoms with Crippen LogP contribution in [0.1, 0.15) is 17.2 Å². The standard InChI is InChI=1S/C15H16N2O2/c1-10-7-8-13(18)12(9-10)17-15(19)14(16)11-5-3-2-4-6-11/h2-9,14,18H,16H2,1H3,(H,17,19). The van der Waals surface area contributed by atoms with Gasteiger partial charge in [-0.15, -0.1) is 0 Å². The van der Waals surface area contributed by atoms with Crippen molar-refractivity contribution in [3.8, 4) is 5.75 Å². The van der Waals surface area contributed by atoms with Crippen LogP contribution in [0.4, 0.5) is 5.69 Å². The van der Waals surface area contributed by atoms with E-state index in [1.165, 1.54) is 0 Å². The molecule has 0 aliphatic rings. The van der Waals surface area contributed by atoms with Gasteiger partial charge >= 0.3 is 0 Å². The number of amides is 1. The number of hydrogen-bond donors (Lipinski definition) is 3. The van der Waals surface area contributed by atoms with Gasteiger partial charge in [-0.2, -0.15) is 0 Å². The maximum Gasteiger partial charge on any atom is 0.245 e. The first kappa shape index (κ1) is 13.1. The van der Waals surface area contributed by atoms with Gasteiger partial charge in [-0.05, 0) is 30.2 Å². The predicted molar refractivity (Wildman–Crippen MR) is 74.8 cm³/mol. The topological polar surface area (TPSA) is 75.3 Å². The van der Waals surface area contributed by atoms with Crippen molar-refractivity contribution >= 4 is 11.6 Å². The number of hydrogen-bond acceptors (Lipinski definition) is 3. The molecule has 0 aliphatic carbocycles. The predicted octanol–water partition coefficient (Wildman–Crippen LogP) is 2.34. The molecule has 98 valence electrons. The number of rotatable bonds is 3. The highest BCUT2D eigenvalue weighted by Crippen LogP contribution is 2.24. The summed E-state index contributed by atoms with van der Waals surface area (Å²) in [7, 11) is 0. The Morgan fingerprint density at radius 3 is 2.58 bits per heavy atom. The lowest BCUT2D eigenvalue weighted by Gasteiger charge is -2.13. The fraction of sp³-hybridized carbons (Fsp3) is 0.133. The van der Waals surface area contributed by atoms with E-state index < -0.39 is 6.04 Å². The minimum atomic E-state index is -0.763. The number of carbonyl (C=O) groups is 1. The molecule has 4 N–H and O–H groups in total. The van der Waals surface area contributed by atoms with E-state index in [1.54, 1.807) is 30.3 Å². The molecule has 2 aromatic carbocycles. The quantitative estimate of drug-likeness (QED) is 0.738. The first-order valence-electron chi connectivity index (χ1n) is 5.99. The summed E-state index contributed by atoms with van der Waals surface area (Å²) < 4.78 is 0. The third-order valence-corrected chi connectivity index (χ3v) is 2.85. The number of anilines is 1. The molecule has 0 spiro atoms. The van der Waals surface area contributed by atoms with Gasteiger partial charge in [0.1, 0.15) is 11.8 Å². The number of phenolic OH excluding ortho intramolecular Hbond substituents is 1. The molecule has 1 amide bonds. The van der Waals surface area contributed by atoms with Crippen LogP contribution in [0.25, 0.3) is 0 Å². The summed E-state index contributed by atoms with van der Waals surface area (Å²) in [5.41, 5.74) is 7.93. The zero-order chi connectivity index (χ0) is 13.8. The van der Waals surface area contributed by atoms with E-state index in [0.717, 1.165) is 11.1 Å². The Hall–Kier alpha value is -2.33. The zero-order valence-electron chi connectivity index (χ0n) is 10.6. The Morgan fingerprint density at radius 2 is 1.89 bits per heavy atom. The van der Waals surface area contributed by atoms with E-state index in [1.807, 2.05) is 25.1 Å². The SMILES string of the molecule is Cc1ccc(O)c(NC(=O)C(N)c2ccccc2)c1. The monoisotopic (exact) mass is 256 g/mol. The van der Waals surface area contributed by atoms with Crippen molar-refractivity contribution < 1.29 is 9.90 Å². The molecule has 0 aromatic heterocycles. The van der Waals surface area contributed by atoms with E-state index in [4.69, 9.17) is 5.73 Å². The third-order valence-electron chi connectivity index (χ3n) is 2.85. The Balaban J connectivity index is 2.15. The fourth-order valence-electron chi connectivity index (χ4n) is 1.77. The van der Waals surface area contributed by atoms with E-state index in [9.17, 15) is 9.90 Å². The largest absolute Gasteiger partial charge is 0.506 e. The van der Waals surface area contributed by atoms with Crippen molar-refractivity contribution in [2.45, 2.75) is 13.0 Å². The summed E-state index contributed by atoms with van der Waals surface area (Å²) in [4.78, 5) is 12.0. The summed E-state index contributed by atoms with van der Waals surface area (Å²) in [6, 6.07) is 13.3. The number of nitrogens with one attached hydrogen (secondary N) is 1. The molecule has 0 saturated heterocycles. The van der Waals surface area contributed by atoms with Crippen molar-refractivity contribution in [2.75, 3.05) is 5.32 Å². The average molecular weight is 256 g/mol. The van der Waals surface area contributed by atoms with Crippen molar-refractivity contribution in [2.24, 2.45) is 5.73 Å². The summed E-state index contributed by atoms with van der Waals surface area (Å²) >= 11 is 0. The molecule has 1 atom stereocenters. The van der Waals surface area contributed by atoms with Gasteiger partial charge in [0.05, 0.1) is 5.69 Å². The van der Waals surface area contributed by atoms with Crippen molar-refractivity contribution in [1.82, 2.24) is 0 Å². The first-order chi connectivity index (χ1) is 9.08. The van der Waals surface area contributed by atoms with E-state index in [0.29, 0.717) is 5.69 Å². The molecular weight excluding hydrogens is 240 g/mol. The number of aromatic hydroxyl groups is 1. The summed E-state index contributed by atoms with van der Waals surface area (Å²) in [5.74, 6) is -0.327. The van der Waals surface area contributed by atoms with Crippen LogP contribution >= 0.6 is 0 Å². The highest BCUT2D eigenvalue weighted by atomic mass is 16.3. The van der Waals surface area contributed by atoms with Crippen molar-refractivity contribution in [1.29, 1.82) is 0 Å². The Labute approximate surface area is 111 Å². The van der Waals surface area contributed by atoms with Gasteiger partial charge in [-0.1, -0.05) is 36.4 Å². The summed E-state index contributed by atoms with van der Waals surface area (Å²) in [5, 5.41) is 12.3. The van der Waals surface area contributed by atoms with Crippen molar-refractivity contribution in [3.05, 3.63) is 59.7 Å². The molecule has 4 heteroatoms. The molecule has 0 bridgehead atoms. The van der Waals surface area contributed by atoms with Crippen LogP contribution in [0, 0.1) is 6.92 Å². The van der Waals surface area contributed by atoms with E-state index in [-0.39, 0.29) is 11.7 Å². The fourth-order valence-corrected chi connectivity index (χ4v) is 1.77. The molecule has 0 fully saturated rings. The molecule has 0 aliphatic heterocycles. The lowest BCUT2D eigenvalue weighted by Crippen LogP contribution is -2.27. The Kier molecular flexibility index (Phi) is 3.82. The number of aryl methyl sites for hydroxylation is 1. The molecule has 0 heterocycles. The van der Waals surface area contributed by atoms with Crippen LogP contribution in [0.3, 0.4) is 0 Å². The van der Waals surface area contributed by atoms with Crippen LogP contribution in [0.15, 0.2) is 48.5 Å². The molecule has 4 nitrogen and oxygen atoms in total. The maximum atomic E-state index is 12.0. The van der Waals surface area contributed by atoms with E-state index >= 15 is 0 Å². The highest BCUT2D eigenvalue weighted by Gasteiger charge is 2.16. The second-order valence-corrected chi connectivity index (χ2v) is 4.40. The molecule has 0 radical (unpaired) electrons. The summed E-state index contributed by atoms with van der Waals surface area (Å²) in [6.07, 6.45) is 0. The lowest BCUT2D eigenvalue weighted by molar-refractivity contribution is -0.117. The van der Waals surface area contributed by atoms with Crippen LogP contribution in [-0.4, -0.2) is 11.0 Å². The van der Waals surface area contributed by atoms with Gasteiger partial charge in [0.15, 0.2) is 0 Å². The second kappa shape index (κ2) is 5.54. The smallest absolute Gasteiger partial charge is 0.245 e. The maximum absolute atomic E-state index is 12.0. The average Bonchev–Trinajstić information content (AvgIpc) is 2.43. The molecule has 1 unspecified atom stereocenters. The minimum absolute atomic E-state index is 0.0270. The second-order valence-electron chi connectivity index (χ2n) is 4.40. The molecule has 2 aromatic rings. The van der Waals surface area contributed by atoms with Crippen LogP contribution in [0.5, 0.6) is 5.75 Å². The highest BCUT2D eigenvalue weighted by molar-refractivity contribution is 5.96. The molecular formula is C15H16N2O2. The molecule has 2 rings (SSSR count). The van der Waals surface area contributed by atoms with Crippen LogP contribution in [0.2, 0.25) is 0 Å². The van der Waals surface area contributed by atoms with E-state index in [2.05, 4.69) is 5.32 Å².